The lowest BCUT2D eigenvalue weighted by Gasteiger charge is -1.97. The van der Waals surface area contributed by atoms with Crippen LogP contribution in [0, 0.1) is 5.38 Å². The van der Waals surface area contributed by atoms with Crippen LogP contribution in [0.2, 0.25) is 0 Å². The maximum atomic E-state index is 10.7. The summed E-state index contributed by atoms with van der Waals surface area (Å²) in [4.78, 5) is 14.8. The van der Waals surface area contributed by atoms with E-state index >= 15 is 0 Å². The molecule has 0 aliphatic heterocycles. The molecule has 0 aliphatic carbocycles. The third kappa shape index (κ3) is 4.28. The normalized spacial score (nSPS) is 9.92. The summed E-state index contributed by atoms with van der Waals surface area (Å²) in [6.07, 6.45) is 2.98. The SMILES string of the molecule is COC(=O)CCCSc1nc[c]s1. The topological polar surface area (TPSA) is 39.2 Å². The molecule has 1 heterocycles. The van der Waals surface area contributed by atoms with Gasteiger partial charge >= 0.3 is 5.97 Å². The van der Waals surface area contributed by atoms with E-state index in [9.17, 15) is 4.79 Å². The third-order valence-electron chi connectivity index (χ3n) is 1.35. The van der Waals surface area contributed by atoms with Gasteiger partial charge in [-0.05, 0) is 6.42 Å². The van der Waals surface area contributed by atoms with Crippen LogP contribution in [-0.4, -0.2) is 23.8 Å². The molecule has 5 heteroatoms. The number of esters is 1. The van der Waals surface area contributed by atoms with Crippen molar-refractivity contribution in [1.29, 1.82) is 0 Å². The first kappa shape index (κ1) is 10.5. The zero-order chi connectivity index (χ0) is 9.52. The van der Waals surface area contributed by atoms with Gasteiger partial charge in [-0.1, -0.05) is 11.8 Å². The lowest BCUT2D eigenvalue weighted by molar-refractivity contribution is -0.140. The summed E-state index contributed by atoms with van der Waals surface area (Å²) in [5.41, 5.74) is 0. The number of rotatable bonds is 5. The van der Waals surface area contributed by atoms with Gasteiger partial charge in [0.15, 0.2) is 0 Å². The monoisotopic (exact) mass is 216 g/mol. The van der Waals surface area contributed by atoms with Crippen LogP contribution in [-0.2, 0) is 9.53 Å². The van der Waals surface area contributed by atoms with E-state index in [4.69, 9.17) is 0 Å². The van der Waals surface area contributed by atoms with Gasteiger partial charge in [0.1, 0.15) is 4.34 Å². The van der Waals surface area contributed by atoms with E-state index < -0.39 is 0 Å². The van der Waals surface area contributed by atoms with Gasteiger partial charge in [0.25, 0.3) is 0 Å². The molecule has 0 saturated heterocycles. The molecule has 0 bridgehead atoms. The van der Waals surface area contributed by atoms with E-state index in [2.05, 4.69) is 15.1 Å². The average molecular weight is 216 g/mol. The standard InChI is InChI=1S/C8H10NO2S2/c1-11-7(10)3-2-5-12-8-9-4-6-13-8/h4H,2-3,5H2,1H3. The van der Waals surface area contributed by atoms with Crippen molar-refractivity contribution < 1.29 is 9.53 Å². The molecule has 71 valence electrons. The smallest absolute Gasteiger partial charge is 0.305 e. The number of hydrogen-bond acceptors (Lipinski definition) is 5. The number of carbonyl (C=O) groups is 1. The number of thioether (sulfide) groups is 1. The van der Waals surface area contributed by atoms with Crippen LogP contribution in [0.1, 0.15) is 12.8 Å². The highest BCUT2D eigenvalue weighted by molar-refractivity contribution is 8.00. The Kier molecular flexibility index (Phi) is 4.85. The van der Waals surface area contributed by atoms with Crippen LogP contribution < -0.4 is 0 Å². The Hall–Kier alpha value is -0.550. The highest BCUT2D eigenvalue weighted by Crippen LogP contribution is 2.20. The molecule has 0 unspecified atom stereocenters. The fourth-order valence-corrected chi connectivity index (χ4v) is 2.26. The number of ether oxygens (including phenoxy) is 1. The average Bonchev–Trinajstić information content (AvgIpc) is 2.64. The fraction of sp³-hybridized carbons (Fsp3) is 0.500. The number of carbonyl (C=O) groups excluding carboxylic acids is 1. The molecule has 13 heavy (non-hydrogen) atoms. The Morgan fingerprint density at radius 3 is 3.31 bits per heavy atom. The molecule has 0 N–H and O–H groups in total. The lowest BCUT2D eigenvalue weighted by atomic mass is 10.3. The van der Waals surface area contributed by atoms with Crippen molar-refractivity contribution in [3.63, 3.8) is 0 Å². The Morgan fingerprint density at radius 2 is 2.69 bits per heavy atom. The second kappa shape index (κ2) is 5.99. The van der Waals surface area contributed by atoms with Crippen molar-refractivity contribution >= 4 is 29.1 Å². The molecule has 0 spiro atoms. The minimum Gasteiger partial charge on any atom is -0.469 e. The molecule has 3 nitrogen and oxygen atoms in total. The minimum absolute atomic E-state index is 0.147. The van der Waals surface area contributed by atoms with Gasteiger partial charge in [-0.25, -0.2) is 4.98 Å². The van der Waals surface area contributed by atoms with Crippen molar-refractivity contribution in [2.45, 2.75) is 17.2 Å². The molecular weight excluding hydrogens is 206 g/mol. The van der Waals surface area contributed by atoms with Crippen molar-refractivity contribution in [2.75, 3.05) is 12.9 Å². The number of aromatic nitrogens is 1. The highest BCUT2D eigenvalue weighted by atomic mass is 32.2. The Bertz CT molecular complexity index is 249. The van der Waals surface area contributed by atoms with E-state index in [-0.39, 0.29) is 5.97 Å². The summed E-state index contributed by atoms with van der Waals surface area (Å²) < 4.78 is 5.52. The molecule has 1 rings (SSSR count). The molecule has 0 saturated carbocycles. The number of thiazole rings is 1. The van der Waals surface area contributed by atoms with Crippen LogP contribution in [0.3, 0.4) is 0 Å². The predicted molar refractivity (Wildman–Crippen MR) is 52.9 cm³/mol. The number of hydrogen-bond donors (Lipinski definition) is 0. The van der Waals surface area contributed by atoms with Crippen LogP contribution in [0.25, 0.3) is 0 Å². The maximum Gasteiger partial charge on any atom is 0.305 e. The maximum absolute atomic E-state index is 10.7. The summed E-state index contributed by atoms with van der Waals surface area (Å²) in [5, 5.41) is 2.91. The lowest BCUT2D eigenvalue weighted by Crippen LogP contribution is -1.99. The second-order valence-electron chi connectivity index (χ2n) is 2.27. The van der Waals surface area contributed by atoms with E-state index in [1.807, 2.05) is 0 Å². The first-order valence-electron chi connectivity index (χ1n) is 3.84. The number of nitrogens with zero attached hydrogens (tertiary/aromatic N) is 1. The van der Waals surface area contributed by atoms with Crippen LogP contribution in [0.4, 0.5) is 0 Å². The Morgan fingerprint density at radius 1 is 1.85 bits per heavy atom. The quantitative estimate of drug-likeness (QED) is 0.428. The minimum atomic E-state index is -0.147. The first-order chi connectivity index (χ1) is 6.33. The molecule has 1 radical (unpaired) electrons. The van der Waals surface area contributed by atoms with E-state index in [0.717, 1.165) is 16.5 Å². The molecule has 0 fully saturated rings. The van der Waals surface area contributed by atoms with Gasteiger partial charge < -0.3 is 4.74 Å². The molecular formula is C8H10NO2S2. The highest BCUT2D eigenvalue weighted by Gasteiger charge is 2.00. The molecule has 0 aromatic carbocycles. The first-order valence-corrected chi connectivity index (χ1v) is 5.64. The summed E-state index contributed by atoms with van der Waals surface area (Å²) >= 11 is 3.15. The van der Waals surface area contributed by atoms with Crippen molar-refractivity contribution in [2.24, 2.45) is 0 Å². The van der Waals surface area contributed by atoms with Gasteiger partial charge in [0.2, 0.25) is 0 Å². The molecule has 1 aromatic rings. The van der Waals surface area contributed by atoms with Gasteiger partial charge in [-0.15, -0.1) is 11.3 Å². The third-order valence-corrected chi connectivity index (χ3v) is 3.30. The predicted octanol–water partition coefficient (Wildman–Crippen LogP) is 1.99. The van der Waals surface area contributed by atoms with Gasteiger partial charge in [-0.2, -0.15) is 0 Å². The van der Waals surface area contributed by atoms with E-state index in [0.29, 0.717) is 6.42 Å². The van der Waals surface area contributed by atoms with Crippen LogP contribution >= 0.6 is 23.1 Å². The Labute approximate surface area is 85.5 Å². The zero-order valence-corrected chi connectivity index (χ0v) is 8.91. The van der Waals surface area contributed by atoms with Gasteiger partial charge in [0.05, 0.1) is 12.5 Å². The second-order valence-corrected chi connectivity index (χ2v) is 4.44. The molecule has 0 amide bonds. The zero-order valence-electron chi connectivity index (χ0n) is 7.28. The summed E-state index contributed by atoms with van der Waals surface area (Å²) in [7, 11) is 1.41. The fourth-order valence-electron chi connectivity index (χ4n) is 0.727. The van der Waals surface area contributed by atoms with Crippen LogP contribution in [0.5, 0.6) is 0 Å². The molecule has 0 atom stereocenters. The summed E-state index contributed by atoms with van der Waals surface area (Å²) in [5.74, 6) is 0.752. The summed E-state index contributed by atoms with van der Waals surface area (Å²) in [6.45, 7) is 0. The van der Waals surface area contributed by atoms with Gasteiger partial charge in [-0.3, -0.25) is 4.79 Å². The van der Waals surface area contributed by atoms with Crippen molar-refractivity contribution in [3.05, 3.63) is 11.6 Å². The van der Waals surface area contributed by atoms with Crippen molar-refractivity contribution in [3.8, 4) is 0 Å². The molecule has 1 aromatic heterocycles. The van der Waals surface area contributed by atoms with E-state index in [1.165, 1.54) is 18.4 Å². The number of methoxy groups -OCH3 is 1. The van der Waals surface area contributed by atoms with Crippen molar-refractivity contribution in [1.82, 2.24) is 4.98 Å². The van der Waals surface area contributed by atoms with E-state index in [1.54, 1.807) is 18.0 Å². The molecule has 0 aliphatic rings. The van der Waals surface area contributed by atoms with Gasteiger partial charge in [0, 0.05) is 18.4 Å². The largest absolute Gasteiger partial charge is 0.469 e. The van der Waals surface area contributed by atoms with Crippen LogP contribution in [0.15, 0.2) is 10.5 Å². The Balaban J connectivity index is 2.05. The summed E-state index contributed by atoms with van der Waals surface area (Å²) in [6, 6.07) is 0.